The van der Waals surface area contributed by atoms with Gasteiger partial charge in [0.05, 0.1) is 24.1 Å². The molecule has 2 aliphatic rings. The van der Waals surface area contributed by atoms with Crippen molar-refractivity contribution in [2.75, 3.05) is 27.8 Å². The number of hydrogen-bond donors (Lipinski definition) is 0. The summed E-state index contributed by atoms with van der Waals surface area (Å²) in [6.45, 7) is 0.191. The number of benzene rings is 4. The molecule has 16 heteroatoms. The number of rotatable bonds is 12. The van der Waals surface area contributed by atoms with Gasteiger partial charge in [-0.15, -0.1) is 0 Å². The lowest BCUT2D eigenvalue weighted by Crippen LogP contribution is -2.50. The van der Waals surface area contributed by atoms with E-state index in [1.807, 2.05) is 0 Å². The van der Waals surface area contributed by atoms with E-state index in [-0.39, 0.29) is 48.3 Å². The van der Waals surface area contributed by atoms with Gasteiger partial charge in [-0.1, -0.05) is 42.5 Å². The smallest absolute Gasteiger partial charge is 0.328 e. The summed E-state index contributed by atoms with van der Waals surface area (Å²) in [6, 6.07) is 20.7. The summed E-state index contributed by atoms with van der Waals surface area (Å²) in [4.78, 5) is 70.9. The van der Waals surface area contributed by atoms with Crippen molar-refractivity contribution in [1.82, 2.24) is 0 Å². The molecule has 0 aromatic heterocycles. The number of hydrogen-bond acceptors (Lipinski definition) is 14. The average molecular weight is 727 g/mol. The first kappa shape index (κ1) is 37.2. The maximum atomic E-state index is 13.2. The van der Waals surface area contributed by atoms with Crippen LogP contribution < -0.4 is 18.9 Å². The second-order valence-electron chi connectivity index (χ2n) is 11.3. The Balaban J connectivity index is 0.000000216. The summed E-state index contributed by atoms with van der Waals surface area (Å²) >= 11 is 0. The molecule has 1 atom stereocenters. The number of ether oxygens (including phenoxy) is 6. The third-order valence-electron chi connectivity index (χ3n) is 8.35. The number of nitro benzene ring substituents is 2. The molecular formula is C37H30N2O14. The summed E-state index contributed by atoms with van der Waals surface area (Å²) in [5.74, 6) is -1.33. The molecule has 0 fully saturated rings. The van der Waals surface area contributed by atoms with Gasteiger partial charge in [0, 0.05) is 42.2 Å². The third-order valence-corrected chi connectivity index (χ3v) is 8.35. The number of methoxy groups -OCH3 is 2. The van der Waals surface area contributed by atoms with Crippen LogP contribution >= 0.6 is 0 Å². The zero-order valence-electron chi connectivity index (χ0n) is 28.1. The summed E-state index contributed by atoms with van der Waals surface area (Å²) in [5, 5.41) is 22.1. The lowest BCUT2D eigenvalue weighted by Gasteiger charge is -2.35. The highest BCUT2D eigenvalue weighted by molar-refractivity contribution is 6.08. The Morgan fingerprint density at radius 2 is 1.32 bits per heavy atom. The molecule has 6 rings (SSSR count). The second-order valence-corrected chi connectivity index (χ2v) is 11.3. The van der Waals surface area contributed by atoms with Gasteiger partial charge in [-0.25, -0.2) is 0 Å². The lowest BCUT2D eigenvalue weighted by atomic mass is 9.66. The molecule has 53 heavy (non-hydrogen) atoms. The number of carbonyl (C=O) groups excluding carboxylic acids is 4. The Bertz CT molecular complexity index is 2090. The van der Waals surface area contributed by atoms with Gasteiger partial charge in [-0.05, 0) is 47.0 Å². The molecule has 4 aromatic carbocycles. The molecule has 0 aliphatic carbocycles. The number of aldehydes is 1. The molecule has 2 aliphatic heterocycles. The molecule has 272 valence electrons. The largest absolute Gasteiger partial charge is 0.468 e. The highest BCUT2D eigenvalue weighted by Crippen LogP contribution is 2.46. The van der Waals surface area contributed by atoms with Gasteiger partial charge in [0.15, 0.2) is 34.2 Å². The quantitative estimate of drug-likeness (QED) is 0.0336. The van der Waals surface area contributed by atoms with Gasteiger partial charge in [0.25, 0.3) is 11.4 Å². The van der Waals surface area contributed by atoms with Gasteiger partial charge in [0.2, 0.25) is 13.6 Å². The first-order chi connectivity index (χ1) is 25.5. The van der Waals surface area contributed by atoms with Gasteiger partial charge < -0.3 is 33.2 Å². The summed E-state index contributed by atoms with van der Waals surface area (Å²) in [7, 11) is 2.16. The number of esters is 2. The normalized spacial score (nSPS) is 12.9. The molecule has 0 saturated heterocycles. The molecule has 1 unspecified atom stereocenters. The highest BCUT2D eigenvalue weighted by atomic mass is 16.7. The highest BCUT2D eigenvalue weighted by Gasteiger charge is 2.57. The number of nitrogens with zero attached hydrogens (tertiary/aromatic N) is 2. The zero-order chi connectivity index (χ0) is 38.1. The average Bonchev–Trinajstić information content (AvgIpc) is 3.86. The SMILES string of the molecule is COC(=O)C(C(=O)OC)(c1cccc([N+](=O)[O-])c1)C(CC=O)c1ccc2c(c1)OCO2.O=C(C=Cc1ccc2c(c1)OCO2)c1cccc([N+](=O)[O-])c1. The Hall–Kier alpha value is -7.10. The minimum absolute atomic E-state index is 0.00115. The van der Waals surface area contributed by atoms with E-state index in [1.165, 1.54) is 42.5 Å². The number of fused-ring (bicyclic) bond motifs is 2. The fourth-order valence-electron chi connectivity index (χ4n) is 5.84. The van der Waals surface area contributed by atoms with Crippen LogP contribution in [-0.2, 0) is 29.3 Å². The maximum absolute atomic E-state index is 13.2. The van der Waals surface area contributed by atoms with Crippen molar-refractivity contribution >= 4 is 41.5 Å². The van der Waals surface area contributed by atoms with E-state index in [0.29, 0.717) is 34.8 Å². The van der Waals surface area contributed by atoms with Crippen molar-refractivity contribution < 1.29 is 57.4 Å². The van der Waals surface area contributed by atoms with Crippen LogP contribution in [0.5, 0.6) is 23.0 Å². The van der Waals surface area contributed by atoms with Crippen molar-refractivity contribution in [3.63, 3.8) is 0 Å². The van der Waals surface area contributed by atoms with Crippen molar-refractivity contribution in [3.8, 4) is 23.0 Å². The van der Waals surface area contributed by atoms with Crippen LogP contribution in [0, 0.1) is 20.2 Å². The summed E-state index contributed by atoms with van der Waals surface area (Å²) in [5.41, 5.74) is -1.24. The Labute approximate surface area is 300 Å². The van der Waals surface area contributed by atoms with Crippen LogP contribution in [-0.4, -0.2) is 61.7 Å². The van der Waals surface area contributed by atoms with E-state index in [4.69, 9.17) is 28.4 Å². The standard InChI is InChI=1S/C21H19NO9.C16H11NO5/c1-28-19(24)21(20(25)29-2,14-4-3-5-15(11-14)22(26)27)16(8-9-23)13-6-7-17-18(10-13)31-12-30-17;18-14(12-2-1-3-13(9-12)17(19)20)6-4-11-5-7-15-16(8-11)22-10-21-15/h3-7,9-11,16H,8,12H2,1-2H3;1-9H,10H2. The van der Waals surface area contributed by atoms with Gasteiger partial charge >= 0.3 is 11.9 Å². The summed E-state index contributed by atoms with van der Waals surface area (Å²) in [6.07, 6.45) is 3.26. The van der Waals surface area contributed by atoms with Crippen LogP contribution in [0.25, 0.3) is 6.08 Å². The van der Waals surface area contributed by atoms with E-state index in [1.54, 1.807) is 48.5 Å². The van der Waals surface area contributed by atoms with Crippen LogP contribution in [0.1, 0.15) is 39.4 Å². The number of allylic oxidation sites excluding steroid dienone is 1. The fraction of sp³-hybridized carbons (Fsp3) is 0.189. The van der Waals surface area contributed by atoms with Crippen molar-refractivity contribution in [1.29, 1.82) is 0 Å². The Morgan fingerprint density at radius 3 is 1.92 bits per heavy atom. The van der Waals surface area contributed by atoms with Crippen LogP contribution in [0.4, 0.5) is 11.4 Å². The van der Waals surface area contributed by atoms with E-state index >= 15 is 0 Å². The van der Waals surface area contributed by atoms with Gasteiger partial charge in [-0.3, -0.25) is 34.6 Å². The Kier molecular flexibility index (Phi) is 11.4. The maximum Gasteiger partial charge on any atom is 0.328 e. The molecule has 0 bridgehead atoms. The van der Waals surface area contributed by atoms with E-state index in [0.717, 1.165) is 25.8 Å². The minimum Gasteiger partial charge on any atom is -0.468 e. The van der Waals surface area contributed by atoms with Crippen LogP contribution in [0.15, 0.2) is 91.0 Å². The van der Waals surface area contributed by atoms with Crippen molar-refractivity contribution in [3.05, 3.63) is 133 Å². The molecule has 16 nitrogen and oxygen atoms in total. The van der Waals surface area contributed by atoms with Gasteiger partial charge in [-0.2, -0.15) is 0 Å². The predicted octanol–water partition coefficient (Wildman–Crippen LogP) is 5.50. The molecule has 0 amide bonds. The van der Waals surface area contributed by atoms with E-state index in [9.17, 15) is 39.4 Å². The first-order valence-corrected chi connectivity index (χ1v) is 15.6. The molecule has 0 radical (unpaired) electrons. The summed E-state index contributed by atoms with van der Waals surface area (Å²) < 4.78 is 31.0. The fourth-order valence-corrected chi connectivity index (χ4v) is 5.84. The second kappa shape index (κ2) is 16.3. The van der Waals surface area contributed by atoms with Crippen LogP contribution in [0.2, 0.25) is 0 Å². The molecule has 0 spiro atoms. The third kappa shape index (κ3) is 7.80. The Morgan fingerprint density at radius 1 is 0.755 bits per heavy atom. The molecule has 2 heterocycles. The number of ketones is 1. The molecule has 4 aromatic rings. The molecular weight excluding hydrogens is 696 g/mol. The number of non-ortho nitro benzene ring substituents is 2. The van der Waals surface area contributed by atoms with E-state index in [2.05, 4.69) is 0 Å². The van der Waals surface area contributed by atoms with Crippen molar-refractivity contribution in [2.45, 2.75) is 17.8 Å². The lowest BCUT2D eigenvalue weighted by molar-refractivity contribution is -0.385. The number of carbonyl (C=O) groups is 4. The first-order valence-electron chi connectivity index (χ1n) is 15.6. The number of nitro groups is 2. The molecule has 0 saturated carbocycles. The topological polar surface area (TPSA) is 210 Å². The van der Waals surface area contributed by atoms with Crippen molar-refractivity contribution in [2.24, 2.45) is 0 Å². The predicted molar refractivity (Wildman–Crippen MR) is 184 cm³/mol. The minimum atomic E-state index is -2.19. The monoisotopic (exact) mass is 726 g/mol. The van der Waals surface area contributed by atoms with Gasteiger partial charge in [0.1, 0.15) is 6.29 Å². The molecule has 0 N–H and O–H groups in total. The zero-order valence-corrected chi connectivity index (χ0v) is 28.1. The van der Waals surface area contributed by atoms with E-state index < -0.39 is 33.1 Å². The van der Waals surface area contributed by atoms with Crippen LogP contribution in [0.3, 0.4) is 0 Å².